The number of methoxy groups -OCH3 is 1. The second-order valence-electron chi connectivity index (χ2n) is 5.93. The largest absolute Gasteiger partial charge is 0.497 e. The normalized spacial score (nSPS) is 18.2. The van der Waals surface area contributed by atoms with Gasteiger partial charge in [0.15, 0.2) is 5.60 Å². The van der Waals surface area contributed by atoms with Crippen molar-refractivity contribution < 1.29 is 27.8 Å². The van der Waals surface area contributed by atoms with E-state index in [0.717, 1.165) is 11.3 Å². The van der Waals surface area contributed by atoms with Crippen LogP contribution in [-0.2, 0) is 11.3 Å². The van der Waals surface area contributed by atoms with Gasteiger partial charge in [-0.2, -0.15) is 13.2 Å². The standard InChI is InChI=1S/C16H21F3N2O3/c1-24-13-4-2-12(3-5-13)10-20-14(22)11-21-8-6-15(23,7-9-21)16(17,18)19/h2-5,23H,6-11H2,1H3,(H,20,22). The van der Waals surface area contributed by atoms with Crippen molar-refractivity contribution in [3.05, 3.63) is 29.8 Å². The molecule has 1 aromatic rings. The first-order chi connectivity index (χ1) is 11.2. The molecule has 5 nitrogen and oxygen atoms in total. The van der Waals surface area contributed by atoms with Crippen LogP contribution in [0.4, 0.5) is 13.2 Å². The van der Waals surface area contributed by atoms with E-state index in [-0.39, 0.29) is 25.5 Å². The van der Waals surface area contributed by atoms with Crippen LogP contribution in [0, 0.1) is 0 Å². The summed E-state index contributed by atoms with van der Waals surface area (Å²) in [6.07, 6.45) is -5.46. The molecule has 1 heterocycles. The third kappa shape index (κ3) is 4.61. The molecule has 8 heteroatoms. The van der Waals surface area contributed by atoms with E-state index < -0.39 is 24.6 Å². The van der Waals surface area contributed by atoms with E-state index in [2.05, 4.69) is 5.32 Å². The topological polar surface area (TPSA) is 61.8 Å². The molecule has 0 radical (unpaired) electrons. The molecule has 1 aliphatic rings. The lowest BCUT2D eigenvalue weighted by Gasteiger charge is -2.38. The Hall–Kier alpha value is -1.80. The second-order valence-corrected chi connectivity index (χ2v) is 5.93. The predicted octanol–water partition coefficient (Wildman–Crippen LogP) is 1.70. The highest BCUT2D eigenvalue weighted by Gasteiger charge is 2.54. The molecule has 134 valence electrons. The summed E-state index contributed by atoms with van der Waals surface area (Å²) in [4.78, 5) is 13.5. The minimum absolute atomic E-state index is 0.0179. The second kappa shape index (κ2) is 7.40. The lowest BCUT2D eigenvalue weighted by atomic mass is 9.91. The quantitative estimate of drug-likeness (QED) is 0.852. The number of alkyl halides is 3. The number of carbonyl (C=O) groups excluding carboxylic acids is 1. The summed E-state index contributed by atoms with van der Waals surface area (Å²) in [6.45, 7) is 0.422. The van der Waals surface area contributed by atoms with E-state index >= 15 is 0 Å². The maximum absolute atomic E-state index is 12.7. The number of nitrogens with one attached hydrogen (secondary N) is 1. The molecular weight excluding hydrogens is 325 g/mol. The van der Waals surface area contributed by atoms with Gasteiger partial charge in [-0.25, -0.2) is 0 Å². The number of ether oxygens (including phenoxy) is 1. The Bertz CT molecular complexity index is 553. The number of aliphatic hydroxyl groups is 1. The number of likely N-dealkylation sites (tertiary alicyclic amines) is 1. The van der Waals surface area contributed by atoms with E-state index in [9.17, 15) is 23.1 Å². The van der Waals surface area contributed by atoms with Crippen LogP contribution in [0.5, 0.6) is 5.75 Å². The summed E-state index contributed by atoms with van der Waals surface area (Å²) < 4.78 is 43.2. The molecule has 0 unspecified atom stereocenters. The summed E-state index contributed by atoms with van der Waals surface area (Å²) in [5, 5.41) is 12.3. The Labute approximate surface area is 138 Å². The molecule has 0 aromatic heterocycles. The van der Waals surface area contributed by atoms with E-state index in [1.165, 1.54) is 0 Å². The van der Waals surface area contributed by atoms with Gasteiger partial charge in [0.1, 0.15) is 5.75 Å². The first-order valence-electron chi connectivity index (χ1n) is 7.64. The molecule has 0 atom stereocenters. The minimum atomic E-state index is -4.63. The third-order valence-corrected chi connectivity index (χ3v) is 4.23. The molecule has 0 saturated carbocycles. The molecule has 0 spiro atoms. The molecule has 1 amide bonds. The molecular formula is C16H21F3N2O3. The zero-order chi connectivity index (χ0) is 17.8. The molecule has 1 aromatic carbocycles. The first-order valence-corrected chi connectivity index (χ1v) is 7.64. The van der Waals surface area contributed by atoms with Crippen LogP contribution in [0.15, 0.2) is 24.3 Å². The fourth-order valence-electron chi connectivity index (χ4n) is 2.57. The third-order valence-electron chi connectivity index (χ3n) is 4.23. The highest BCUT2D eigenvalue weighted by atomic mass is 19.4. The van der Waals surface area contributed by atoms with Crippen LogP contribution in [0.2, 0.25) is 0 Å². The predicted molar refractivity (Wildman–Crippen MR) is 81.5 cm³/mol. The SMILES string of the molecule is COc1ccc(CNC(=O)CN2CCC(O)(C(F)(F)F)CC2)cc1. The zero-order valence-electron chi connectivity index (χ0n) is 13.4. The van der Waals surface area contributed by atoms with Crippen LogP contribution in [0.1, 0.15) is 18.4 Å². The summed E-state index contributed by atoms with van der Waals surface area (Å²) >= 11 is 0. The Kier molecular flexibility index (Phi) is 5.71. The molecule has 1 aliphatic heterocycles. The molecule has 1 saturated heterocycles. The van der Waals surface area contributed by atoms with Crippen molar-refractivity contribution >= 4 is 5.91 Å². The highest BCUT2D eigenvalue weighted by molar-refractivity contribution is 5.78. The molecule has 0 bridgehead atoms. The molecule has 24 heavy (non-hydrogen) atoms. The van der Waals surface area contributed by atoms with Gasteiger partial charge in [-0.1, -0.05) is 12.1 Å². The van der Waals surface area contributed by atoms with E-state index in [0.29, 0.717) is 6.54 Å². The zero-order valence-corrected chi connectivity index (χ0v) is 13.4. The monoisotopic (exact) mass is 346 g/mol. The average molecular weight is 346 g/mol. The first kappa shape index (κ1) is 18.5. The van der Waals surface area contributed by atoms with Gasteiger partial charge in [0.25, 0.3) is 0 Å². The maximum atomic E-state index is 12.7. The average Bonchev–Trinajstić information content (AvgIpc) is 2.54. The summed E-state index contributed by atoms with van der Waals surface area (Å²) in [6, 6.07) is 7.21. The Morgan fingerprint density at radius 3 is 2.38 bits per heavy atom. The fraction of sp³-hybridized carbons (Fsp3) is 0.562. The van der Waals surface area contributed by atoms with Gasteiger partial charge in [-0.15, -0.1) is 0 Å². The van der Waals surface area contributed by atoms with Crippen LogP contribution < -0.4 is 10.1 Å². The van der Waals surface area contributed by atoms with Crippen molar-refractivity contribution in [3.63, 3.8) is 0 Å². The summed E-state index contributed by atoms with van der Waals surface area (Å²) in [5.41, 5.74) is -1.74. The molecule has 2 rings (SSSR count). The van der Waals surface area contributed by atoms with Gasteiger partial charge in [-0.3, -0.25) is 9.69 Å². The van der Waals surface area contributed by atoms with Crippen LogP contribution >= 0.6 is 0 Å². The number of nitrogens with zero attached hydrogens (tertiary/aromatic N) is 1. The number of hydrogen-bond donors (Lipinski definition) is 2. The van der Waals surface area contributed by atoms with Crippen LogP contribution in [0.25, 0.3) is 0 Å². The smallest absolute Gasteiger partial charge is 0.417 e. The van der Waals surface area contributed by atoms with Crippen molar-refractivity contribution in [1.29, 1.82) is 0 Å². The van der Waals surface area contributed by atoms with Gasteiger partial charge in [0, 0.05) is 19.6 Å². The van der Waals surface area contributed by atoms with Gasteiger partial charge in [0.2, 0.25) is 5.91 Å². The van der Waals surface area contributed by atoms with Gasteiger partial charge < -0.3 is 15.2 Å². The van der Waals surface area contributed by atoms with Crippen LogP contribution in [-0.4, -0.2) is 54.4 Å². The van der Waals surface area contributed by atoms with E-state index in [1.807, 2.05) is 12.1 Å². The number of benzene rings is 1. The van der Waals surface area contributed by atoms with Gasteiger partial charge >= 0.3 is 6.18 Å². The Morgan fingerprint density at radius 1 is 1.29 bits per heavy atom. The number of carbonyl (C=O) groups is 1. The van der Waals surface area contributed by atoms with Crippen molar-refractivity contribution in [2.45, 2.75) is 31.2 Å². The van der Waals surface area contributed by atoms with Crippen molar-refractivity contribution in [3.8, 4) is 5.75 Å². The molecule has 2 N–H and O–H groups in total. The summed E-state index contributed by atoms with van der Waals surface area (Å²) in [5.74, 6) is 0.457. The molecule has 1 fully saturated rings. The number of rotatable bonds is 5. The lowest BCUT2D eigenvalue weighted by Crippen LogP contribution is -2.54. The number of hydrogen-bond acceptors (Lipinski definition) is 4. The number of amides is 1. The Morgan fingerprint density at radius 2 is 1.88 bits per heavy atom. The summed E-state index contributed by atoms with van der Waals surface area (Å²) in [7, 11) is 1.56. The Balaban J connectivity index is 1.75. The van der Waals surface area contributed by atoms with Gasteiger partial charge in [0.05, 0.1) is 13.7 Å². The van der Waals surface area contributed by atoms with Crippen molar-refractivity contribution in [2.24, 2.45) is 0 Å². The van der Waals surface area contributed by atoms with E-state index in [4.69, 9.17) is 4.74 Å². The van der Waals surface area contributed by atoms with Crippen LogP contribution in [0.3, 0.4) is 0 Å². The van der Waals surface area contributed by atoms with Gasteiger partial charge in [-0.05, 0) is 30.5 Å². The fourth-order valence-corrected chi connectivity index (χ4v) is 2.57. The number of halogens is 3. The van der Waals surface area contributed by atoms with Crippen molar-refractivity contribution in [2.75, 3.05) is 26.7 Å². The van der Waals surface area contributed by atoms with Crippen molar-refractivity contribution in [1.82, 2.24) is 10.2 Å². The minimum Gasteiger partial charge on any atom is -0.497 e. The highest BCUT2D eigenvalue weighted by Crippen LogP contribution is 2.38. The van der Waals surface area contributed by atoms with E-state index in [1.54, 1.807) is 24.1 Å². The number of piperidine rings is 1. The lowest BCUT2D eigenvalue weighted by molar-refractivity contribution is -0.272. The maximum Gasteiger partial charge on any atom is 0.417 e. The molecule has 0 aliphatic carbocycles.